The van der Waals surface area contributed by atoms with Crippen LogP contribution in [0.4, 0.5) is 11.5 Å². The van der Waals surface area contributed by atoms with E-state index < -0.39 is 5.97 Å². The lowest BCUT2D eigenvalue weighted by atomic mass is 10.2. The standard InChI is InChI=1S/C16H18N4O3/c1-10(2)17-15(21)13-7-8-14(20-19-13)18-12-6-4-5-11(9-12)16(22)23-3/h4-10H,1-3H3,(H,17,21)(H,18,20). The average molecular weight is 314 g/mol. The summed E-state index contributed by atoms with van der Waals surface area (Å²) in [5.41, 5.74) is 1.34. The number of aromatic nitrogens is 2. The maximum absolute atomic E-state index is 11.8. The van der Waals surface area contributed by atoms with Gasteiger partial charge in [0.25, 0.3) is 5.91 Å². The normalized spacial score (nSPS) is 10.3. The molecule has 0 aliphatic heterocycles. The highest BCUT2D eigenvalue weighted by atomic mass is 16.5. The molecule has 1 heterocycles. The maximum Gasteiger partial charge on any atom is 0.337 e. The molecule has 7 heteroatoms. The van der Waals surface area contributed by atoms with Crippen LogP contribution in [0.1, 0.15) is 34.7 Å². The number of hydrogen-bond donors (Lipinski definition) is 2. The van der Waals surface area contributed by atoms with E-state index in [-0.39, 0.29) is 17.6 Å². The van der Waals surface area contributed by atoms with Gasteiger partial charge in [0.2, 0.25) is 0 Å². The summed E-state index contributed by atoms with van der Waals surface area (Å²) in [4.78, 5) is 23.3. The number of nitrogens with zero attached hydrogens (tertiary/aromatic N) is 2. The first-order chi connectivity index (χ1) is 11.0. The Bertz CT molecular complexity index is 699. The van der Waals surface area contributed by atoms with Crippen LogP contribution in [0.2, 0.25) is 0 Å². The number of methoxy groups -OCH3 is 1. The van der Waals surface area contributed by atoms with Crippen LogP contribution in [0, 0.1) is 0 Å². The Morgan fingerprint density at radius 2 is 1.91 bits per heavy atom. The molecule has 1 aromatic carbocycles. The van der Waals surface area contributed by atoms with Crippen LogP contribution in [-0.2, 0) is 4.74 Å². The number of carbonyl (C=O) groups is 2. The summed E-state index contributed by atoms with van der Waals surface area (Å²) in [5.74, 6) is -0.222. The molecule has 0 saturated carbocycles. The Balaban J connectivity index is 2.09. The molecular weight excluding hydrogens is 296 g/mol. The molecule has 1 aromatic heterocycles. The number of rotatable bonds is 5. The predicted octanol–water partition coefficient (Wildman–Crippen LogP) is 2.14. The lowest BCUT2D eigenvalue weighted by Gasteiger charge is -2.09. The number of esters is 1. The number of anilines is 2. The van der Waals surface area contributed by atoms with Crippen molar-refractivity contribution in [3.05, 3.63) is 47.7 Å². The Labute approximate surface area is 134 Å². The van der Waals surface area contributed by atoms with Gasteiger partial charge >= 0.3 is 5.97 Å². The predicted molar refractivity (Wildman–Crippen MR) is 85.7 cm³/mol. The zero-order chi connectivity index (χ0) is 16.8. The van der Waals surface area contributed by atoms with Gasteiger partial charge in [-0.3, -0.25) is 4.79 Å². The van der Waals surface area contributed by atoms with Crippen LogP contribution >= 0.6 is 0 Å². The third-order valence-electron chi connectivity index (χ3n) is 2.87. The molecule has 0 bridgehead atoms. The molecule has 1 amide bonds. The van der Waals surface area contributed by atoms with Crippen LogP contribution < -0.4 is 10.6 Å². The van der Waals surface area contributed by atoms with E-state index in [9.17, 15) is 9.59 Å². The fourth-order valence-corrected chi connectivity index (χ4v) is 1.85. The summed E-state index contributed by atoms with van der Waals surface area (Å²) < 4.78 is 4.68. The molecule has 120 valence electrons. The van der Waals surface area contributed by atoms with E-state index in [0.717, 1.165) is 0 Å². The largest absolute Gasteiger partial charge is 0.465 e. The second-order valence-electron chi connectivity index (χ2n) is 5.13. The first kappa shape index (κ1) is 16.4. The highest BCUT2D eigenvalue weighted by Gasteiger charge is 2.10. The van der Waals surface area contributed by atoms with E-state index in [4.69, 9.17) is 0 Å². The van der Waals surface area contributed by atoms with Crippen molar-refractivity contribution in [3.63, 3.8) is 0 Å². The molecule has 0 fully saturated rings. The van der Waals surface area contributed by atoms with Gasteiger partial charge in [0.1, 0.15) is 0 Å². The first-order valence-electron chi connectivity index (χ1n) is 7.09. The molecule has 0 atom stereocenters. The molecule has 0 aliphatic rings. The monoisotopic (exact) mass is 314 g/mol. The van der Waals surface area contributed by atoms with Crippen molar-refractivity contribution in [1.82, 2.24) is 15.5 Å². The number of carbonyl (C=O) groups excluding carboxylic acids is 2. The lowest BCUT2D eigenvalue weighted by Crippen LogP contribution is -2.30. The van der Waals surface area contributed by atoms with Gasteiger partial charge in [0.15, 0.2) is 11.5 Å². The zero-order valence-corrected chi connectivity index (χ0v) is 13.2. The van der Waals surface area contributed by atoms with Crippen LogP contribution in [-0.4, -0.2) is 35.2 Å². The number of nitrogens with one attached hydrogen (secondary N) is 2. The fourth-order valence-electron chi connectivity index (χ4n) is 1.85. The Morgan fingerprint density at radius 1 is 1.13 bits per heavy atom. The van der Waals surface area contributed by atoms with E-state index in [0.29, 0.717) is 17.1 Å². The van der Waals surface area contributed by atoms with E-state index in [1.54, 1.807) is 36.4 Å². The van der Waals surface area contributed by atoms with E-state index in [1.807, 2.05) is 13.8 Å². The van der Waals surface area contributed by atoms with Gasteiger partial charge in [-0.05, 0) is 44.2 Å². The van der Waals surface area contributed by atoms with Crippen molar-refractivity contribution >= 4 is 23.4 Å². The van der Waals surface area contributed by atoms with Gasteiger partial charge in [-0.1, -0.05) is 6.07 Å². The van der Waals surface area contributed by atoms with E-state index >= 15 is 0 Å². The van der Waals surface area contributed by atoms with Crippen molar-refractivity contribution < 1.29 is 14.3 Å². The van der Waals surface area contributed by atoms with Crippen molar-refractivity contribution in [1.29, 1.82) is 0 Å². The minimum atomic E-state index is -0.416. The Kier molecular flexibility index (Phi) is 5.24. The molecule has 0 radical (unpaired) electrons. The van der Waals surface area contributed by atoms with Gasteiger partial charge in [0.05, 0.1) is 12.7 Å². The summed E-state index contributed by atoms with van der Waals surface area (Å²) in [5, 5.41) is 13.6. The first-order valence-corrected chi connectivity index (χ1v) is 7.09. The van der Waals surface area contributed by atoms with Crippen molar-refractivity contribution in [2.24, 2.45) is 0 Å². The molecule has 7 nitrogen and oxygen atoms in total. The van der Waals surface area contributed by atoms with Gasteiger partial charge in [-0.15, -0.1) is 10.2 Å². The molecule has 0 unspecified atom stereocenters. The summed E-state index contributed by atoms with van der Waals surface area (Å²) in [7, 11) is 1.33. The van der Waals surface area contributed by atoms with Gasteiger partial charge in [-0.25, -0.2) is 4.79 Å². The van der Waals surface area contributed by atoms with Crippen molar-refractivity contribution in [2.75, 3.05) is 12.4 Å². The highest BCUT2D eigenvalue weighted by Crippen LogP contribution is 2.16. The quantitative estimate of drug-likeness (QED) is 0.821. The lowest BCUT2D eigenvalue weighted by molar-refractivity contribution is 0.0600. The molecule has 0 saturated heterocycles. The smallest absolute Gasteiger partial charge is 0.337 e. The summed E-state index contributed by atoms with van der Waals surface area (Å²) in [6.45, 7) is 3.74. The third kappa shape index (κ3) is 4.50. The van der Waals surface area contributed by atoms with Crippen molar-refractivity contribution in [3.8, 4) is 0 Å². The highest BCUT2D eigenvalue weighted by molar-refractivity contribution is 5.92. The number of ether oxygens (including phenoxy) is 1. The molecule has 0 spiro atoms. The topological polar surface area (TPSA) is 93.2 Å². The molecule has 2 rings (SSSR count). The molecule has 2 aromatic rings. The van der Waals surface area contributed by atoms with Crippen LogP contribution in [0.5, 0.6) is 0 Å². The molecule has 0 aliphatic carbocycles. The molecular formula is C16H18N4O3. The zero-order valence-electron chi connectivity index (χ0n) is 13.2. The van der Waals surface area contributed by atoms with Gasteiger partial charge in [-0.2, -0.15) is 0 Å². The van der Waals surface area contributed by atoms with Gasteiger partial charge < -0.3 is 15.4 Å². The minimum absolute atomic E-state index is 0.0307. The Morgan fingerprint density at radius 3 is 2.52 bits per heavy atom. The van der Waals surface area contributed by atoms with Crippen LogP contribution in [0.15, 0.2) is 36.4 Å². The van der Waals surface area contributed by atoms with E-state index in [1.165, 1.54) is 7.11 Å². The maximum atomic E-state index is 11.8. The molecule has 23 heavy (non-hydrogen) atoms. The van der Waals surface area contributed by atoms with Gasteiger partial charge in [0, 0.05) is 11.7 Å². The third-order valence-corrected chi connectivity index (χ3v) is 2.87. The van der Waals surface area contributed by atoms with E-state index in [2.05, 4.69) is 25.6 Å². The average Bonchev–Trinajstić information content (AvgIpc) is 2.54. The summed E-state index contributed by atoms with van der Waals surface area (Å²) >= 11 is 0. The second kappa shape index (κ2) is 7.35. The Hall–Kier alpha value is -2.96. The fraction of sp³-hybridized carbons (Fsp3) is 0.250. The van der Waals surface area contributed by atoms with Crippen LogP contribution in [0.25, 0.3) is 0 Å². The van der Waals surface area contributed by atoms with Crippen molar-refractivity contribution in [2.45, 2.75) is 19.9 Å². The summed E-state index contributed by atoms with van der Waals surface area (Å²) in [6.07, 6.45) is 0. The minimum Gasteiger partial charge on any atom is -0.465 e. The SMILES string of the molecule is COC(=O)c1cccc(Nc2ccc(C(=O)NC(C)C)nn2)c1. The number of amides is 1. The molecule has 2 N–H and O–H groups in total. The second-order valence-corrected chi connectivity index (χ2v) is 5.13. The number of hydrogen-bond acceptors (Lipinski definition) is 6. The van der Waals surface area contributed by atoms with Crippen LogP contribution in [0.3, 0.4) is 0 Å². The number of benzene rings is 1. The summed E-state index contributed by atoms with van der Waals surface area (Å²) in [6, 6.07) is 10.1.